The SMILES string of the molecule is Cc1cc(OCP(=O)(O)O)cc(C)c1C(=O)c1cccc(C(C)C)c1O. The summed E-state index contributed by atoms with van der Waals surface area (Å²) in [5.74, 6) is 0.0306. The van der Waals surface area contributed by atoms with Gasteiger partial charge in [0.2, 0.25) is 0 Å². The molecule has 0 amide bonds. The summed E-state index contributed by atoms with van der Waals surface area (Å²) in [6.45, 7) is 7.31. The van der Waals surface area contributed by atoms with Crippen LogP contribution in [0.4, 0.5) is 0 Å². The number of aryl methyl sites for hydroxylation is 2. The van der Waals surface area contributed by atoms with Crippen LogP contribution in [0.5, 0.6) is 11.5 Å². The van der Waals surface area contributed by atoms with Crippen molar-refractivity contribution in [2.75, 3.05) is 6.35 Å². The summed E-state index contributed by atoms with van der Waals surface area (Å²) in [4.78, 5) is 30.8. The number of phenols is 1. The van der Waals surface area contributed by atoms with Gasteiger partial charge >= 0.3 is 7.60 Å². The van der Waals surface area contributed by atoms with Crippen molar-refractivity contribution in [1.29, 1.82) is 0 Å². The molecule has 0 saturated heterocycles. The minimum atomic E-state index is -4.28. The van der Waals surface area contributed by atoms with Gasteiger partial charge in [-0.2, -0.15) is 0 Å². The summed E-state index contributed by atoms with van der Waals surface area (Å²) >= 11 is 0. The van der Waals surface area contributed by atoms with Crippen LogP contribution >= 0.6 is 7.60 Å². The van der Waals surface area contributed by atoms with Crippen LogP contribution in [-0.4, -0.2) is 27.0 Å². The molecule has 0 fully saturated rings. The maximum absolute atomic E-state index is 13.0. The van der Waals surface area contributed by atoms with Gasteiger partial charge in [-0.1, -0.05) is 26.0 Å². The Hall–Kier alpha value is -2.14. The first-order chi connectivity index (χ1) is 12.0. The number of carbonyl (C=O) groups is 1. The lowest BCUT2D eigenvalue weighted by Gasteiger charge is -2.15. The molecule has 2 rings (SSSR count). The molecule has 7 heteroatoms. The highest BCUT2D eigenvalue weighted by Gasteiger charge is 2.22. The van der Waals surface area contributed by atoms with Gasteiger partial charge in [0.15, 0.2) is 12.1 Å². The van der Waals surface area contributed by atoms with E-state index in [1.165, 1.54) is 0 Å². The van der Waals surface area contributed by atoms with Crippen LogP contribution in [0.25, 0.3) is 0 Å². The quantitative estimate of drug-likeness (QED) is 0.521. The van der Waals surface area contributed by atoms with E-state index in [0.717, 1.165) is 0 Å². The van der Waals surface area contributed by atoms with Crippen LogP contribution in [0.1, 0.15) is 52.4 Å². The molecule has 2 aromatic rings. The summed E-state index contributed by atoms with van der Waals surface area (Å²) in [5, 5.41) is 10.5. The number of hydrogen-bond donors (Lipinski definition) is 3. The van der Waals surface area contributed by atoms with Gasteiger partial charge in [0.05, 0.1) is 5.56 Å². The minimum Gasteiger partial charge on any atom is -0.507 e. The van der Waals surface area contributed by atoms with Gasteiger partial charge in [-0.25, -0.2) is 0 Å². The van der Waals surface area contributed by atoms with Gasteiger partial charge in [0, 0.05) is 5.56 Å². The predicted octanol–water partition coefficient (Wildman–Crippen LogP) is 3.88. The van der Waals surface area contributed by atoms with E-state index in [1.807, 2.05) is 13.8 Å². The number of benzene rings is 2. The highest BCUT2D eigenvalue weighted by Crippen LogP contribution is 2.36. The second-order valence-electron chi connectivity index (χ2n) is 6.60. The summed E-state index contributed by atoms with van der Waals surface area (Å²) < 4.78 is 16.1. The maximum Gasteiger partial charge on any atom is 0.362 e. The molecule has 0 unspecified atom stereocenters. The second-order valence-corrected chi connectivity index (χ2v) is 8.18. The average Bonchev–Trinajstić information content (AvgIpc) is 2.51. The van der Waals surface area contributed by atoms with Crippen LogP contribution in [0.3, 0.4) is 0 Å². The first kappa shape index (κ1) is 20.2. The molecule has 0 spiro atoms. The molecule has 3 N–H and O–H groups in total. The third-order valence-corrected chi connectivity index (χ3v) is 4.53. The van der Waals surface area contributed by atoms with Gasteiger partial charge in [-0.15, -0.1) is 0 Å². The van der Waals surface area contributed by atoms with E-state index < -0.39 is 13.9 Å². The minimum absolute atomic E-state index is 0.0203. The number of hydrogen-bond acceptors (Lipinski definition) is 4. The fraction of sp³-hybridized carbons (Fsp3) is 0.316. The number of carbonyl (C=O) groups excluding carboxylic acids is 1. The van der Waals surface area contributed by atoms with E-state index in [-0.39, 0.29) is 28.8 Å². The van der Waals surface area contributed by atoms with Crippen molar-refractivity contribution < 1.29 is 29.0 Å². The number of para-hydroxylation sites is 1. The van der Waals surface area contributed by atoms with E-state index in [4.69, 9.17) is 14.5 Å². The van der Waals surface area contributed by atoms with Crippen molar-refractivity contribution in [3.63, 3.8) is 0 Å². The van der Waals surface area contributed by atoms with Gasteiger partial charge in [0.1, 0.15) is 11.5 Å². The topological polar surface area (TPSA) is 104 Å². The second kappa shape index (κ2) is 7.62. The van der Waals surface area contributed by atoms with E-state index in [2.05, 4.69) is 0 Å². The number of ether oxygens (including phenoxy) is 1. The first-order valence-corrected chi connectivity index (χ1v) is 9.96. The van der Waals surface area contributed by atoms with Gasteiger partial charge < -0.3 is 19.6 Å². The summed E-state index contributed by atoms with van der Waals surface area (Å²) in [7, 11) is -4.28. The van der Waals surface area contributed by atoms with Crippen molar-refractivity contribution in [2.45, 2.75) is 33.6 Å². The van der Waals surface area contributed by atoms with E-state index in [0.29, 0.717) is 22.3 Å². The fourth-order valence-corrected chi connectivity index (χ4v) is 3.19. The molecule has 0 aromatic heterocycles. The van der Waals surface area contributed by atoms with Gasteiger partial charge in [-0.3, -0.25) is 9.36 Å². The lowest BCUT2D eigenvalue weighted by molar-refractivity contribution is 0.103. The molecule has 0 radical (unpaired) electrons. The lowest BCUT2D eigenvalue weighted by Crippen LogP contribution is -2.09. The predicted molar refractivity (Wildman–Crippen MR) is 99.1 cm³/mol. The zero-order chi connectivity index (χ0) is 19.6. The smallest absolute Gasteiger partial charge is 0.362 e. The Balaban J connectivity index is 2.42. The Bertz CT molecular complexity index is 859. The van der Waals surface area contributed by atoms with Crippen molar-refractivity contribution in [2.24, 2.45) is 0 Å². The standard InChI is InChI=1S/C19H23O6P/c1-11(2)15-6-5-7-16(18(15)20)19(21)17-12(3)8-14(9-13(17)4)25-10-26(22,23)24/h5-9,11,20H,10H2,1-4H3,(H2,22,23,24). The summed E-state index contributed by atoms with van der Waals surface area (Å²) in [5.41, 5.74) is 2.57. The van der Waals surface area contributed by atoms with Gasteiger partial charge in [0.25, 0.3) is 0 Å². The van der Waals surface area contributed by atoms with E-state index in [9.17, 15) is 14.5 Å². The lowest BCUT2D eigenvalue weighted by atomic mass is 9.91. The van der Waals surface area contributed by atoms with Crippen molar-refractivity contribution in [1.82, 2.24) is 0 Å². The Morgan fingerprint density at radius 1 is 1.15 bits per heavy atom. The largest absolute Gasteiger partial charge is 0.507 e. The first-order valence-electron chi connectivity index (χ1n) is 8.16. The molecule has 0 saturated carbocycles. The van der Waals surface area contributed by atoms with Crippen LogP contribution in [0.2, 0.25) is 0 Å². The molecular formula is C19H23O6P. The van der Waals surface area contributed by atoms with Crippen molar-refractivity contribution in [3.05, 3.63) is 58.1 Å². The molecule has 0 aliphatic carbocycles. The Labute approximate surface area is 152 Å². The molecule has 140 valence electrons. The summed E-state index contributed by atoms with van der Waals surface area (Å²) in [6.07, 6.45) is -0.726. The van der Waals surface area contributed by atoms with Crippen LogP contribution in [0, 0.1) is 13.8 Å². The third kappa shape index (κ3) is 4.52. The Morgan fingerprint density at radius 2 is 1.73 bits per heavy atom. The summed E-state index contributed by atoms with van der Waals surface area (Å²) in [6, 6.07) is 8.22. The fourth-order valence-electron chi connectivity index (χ4n) is 2.87. The molecular weight excluding hydrogens is 355 g/mol. The number of rotatable bonds is 6. The highest BCUT2D eigenvalue weighted by molar-refractivity contribution is 7.51. The van der Waals surface area contributed by atoms with Crippen molar-refractivity contribution in [3.8, 4) is 11.5 Å². The number of phenolic OH excluding ortho intramolecular Hbond substituents is 1. The molecule has 0 heterocycles. The molecule has 6 nitrogen and oxygen atoms in total. The molecule has 2 aromatic carbocycles. The Kier molecular flexibility index (Phi) is 5.91. The maximum atomic E-state index is 13.0. The molecule has 0 bridgehead atoms. The molecule has 0 atom stereocenters. The normalized spacial score (nSPS) is 11.7. The molecule has 26 heavy (non-hydrogen) atoms. The van der Waals surface area contributed by atoms with E-state index in [1.54, 1.807) is 44.2 Å². The third-order valence-electron chi connectivity index (χ3n) is 4.07. The van der Waals surface area contributed by atoms with Crippen LogP contribution in [-0.2, 0) is 4.57 Å². The molecule has 0 aliphatic heterocycles. The van der Waals surface area contributed by atoms with E-state index >= 15 is 0 Å². The Morgan fingerprint density at radius 3 is 2.23 bits per heavy atom. The van der Waals surface area contributed by atoms with Crippen molar-refractivity contribution >= 4 is 13.4 Å². The highest BCUT2D eigenvalue weighted by atomic mass is 31.2. The monoisotopic (exact) mass is 378 g/mol. The van der Waals surface area contributed by atoms with Crippen LogP contribution in [0.15, 0.2) is 30.3 Å². The number of aromatic hydroxyl groups is 1. The number of ketones is 1. The van der Waals surface area contributed by atoms with Crippen LogP contribution < -0.4 is 4.74 Å². The molecule has 0 aliphatic rings. The zero-order valence-corrected chi connectivity index (χ0v) is 16.1. The zero-order valence-electron chi connectivity index (χ0n) is 15.2. The average molecular weight is 378 g/mol. The van der Waals surface area contributed by atoms with Gasteiger partial charge in [-0.05, 0) is 54.7 Å².